The summed E-state index contributed by atoms with van der Waals surface area (Å²) < 4.78 is 4.23. The van der Waals surface area contributed by atoms with Crippen molar-refractivity contribution < 1.29 is 0 Å². The number of likely N-dealkylation sites (N-methyl/N-ethyl adjacent to an activating group) is 1. The van der Waals surface area contributed by atoms with Gasteiger partial charge in [-0.05, 0) is 57.3 Å². The first-order valence-corrected chi connectivity index (χ1v) is 8.09. The molecule has 0 radical (unpaired) electrons. The average Bonchev–Trinajstić information content (AvgIpc) is 2.84. The summed E-state index contributed by atoms with van der Waals surface area (Å²) in [6.07, 6.45) is 0.910. The third-order valence-electron chi connectivity index (χ3n) is 2.97. The molecule has 3 nitrogen and oxygen atoms in total. The van der Waals surface area contributed by atoms with Gasteiger partial charge >= 0.3 is 0 Å². The molecule has 0 fully saturated rings. The van der Waals surface area contributed by atoms with E-state index in [2.05, 4.69) is 53.7 Å². The molecule has 0 bridgehead atoms. The van der Waals surface area contributed by atoms with Crippen molar-refractivity contribution in [3.8, 4) is 0 Å². The summed E-state index contributed by atoms with van der Waals surface area (Å²) in [6, 6.07) is 2.39. The monoisotopic (exact) mass is 391 g/mol. The number of hydrogen-bond acceptors (Lipinski definition) is 3. The van der Waals surface area contributed by atoms with E-state index >= 15 is 0 Å². The molecule has 1 N–H and O–H groups in total. The molecule has 98 valence electrons. The second-order valence-corrected chi connectivity index (χ2v) is 6.74. The van der Waals surface area contributed by atoms with Gasteiger partial charge in [0, 0.05) is 28.9 Å². The van der Waals surface area contributed by atoms with Crippen LogP contribution in [0.2, 0.25) is 0 Å². The van der Waals surface area contributed by atoms with E-state index in [0.29, 0.717) is 6.04 Å². The Balaban J connectivity index is 2.29. The Hall–Kier alpha value is -0.170. The summed E-state index contributed by atoms with van der Waals surface area (Å²) in [7, 11) is 3.98. The highest BCUT2D eigenvalue weighted by Crippen LogP contribution is 2.32. The number of halogens is 2. The predicted octanol–water partition coefficient (Wildman–Crippen LogP) is 3.82. The van der Waals surface area contributed by atoms with Crippen LogP contribution in [0.5, 0.6) is 0 Å². The summed E-state index contributed by atoms with van der Waals surface area (Å²) >= 11 is 8.99. The highest BCUT2D eigenvalue weighted by atomic mass is 79.9. The lowest BCUT2D eigenvalue weighted by atomic mass is 10.1. The zero-order chi connectivity index (χ0) is 13.3. The first kappa shape index (κ1) is 14.2. The molecule has 2 aromatic heterocycles. The highest BCUT2D eigenvalue weighted by molar-refractivity contribution is 9.10. The summed E-state index contributed by atoms with van der Waals surface area (Å²) in [4.78, 5) is 1.32. The van der Waals surface area contributed by atoms with Crippen LogP contribution in [-0.2, 0) is 13.5 Å². The van der Waals surface area contributed by atoms with Gasteiger partial charge in [-0.2, -0.15) is 5.10 Å². The summed E-state index contributed by atoms with van der Waals surface area (Å²) in [5.41, 5.74) is 2.25. The third kappa shape index (κ3) is 2.71. The minimum absolute atomic E-state index is 0.297. The van der Waals surface area contributed by atoms with Gasteiger partial charge < -0.3 is 5.32 Å². The SMILES string of the molecule is CNC(Cc1c(Br)c(C)nn1C)c1sccc1Br. The minimum atomic E-state index is 0.297. The summed E-state index contributed by atoms with van der Waals surface area (Å²) in [5, 5.41) is 9.92. The molecule has 2 rings (SSSR count). The maximum absolute atomic E-state index is 4.44. The number of nitrogens with zero attached hydrogens (tertiary/aromatic N) is 2. The fourth-order valence-corrected chi connectivity index (χ4v) is 4.23. The van der Waals surface area contributed by atoms with Gasteiger partial charge in [-0.3, -0.25) is 4.68 Å². The molecule has 0 aliphatic rings. The fourth-order valence-electron chi connectivity index (χ4n) is 1.98. The van der Waals surface area contributed by atoms with Crippen LogP contribution in [0.3, 0.4) is 0 Å². The summed E-state index contributed by atoms with van der Waals surface area (Å²) in [6.45, 7) is 2.02. The van der Waals surface area contributed by atoms with Crippen molar-refractivity contribution in [1.82, 2.24) is 15.1 Å². The molecule has 6 heteroatoms. The van der Waals surface area contributed by atoms with Crippen LogP contribution in [0.15, 0.2) is 20.4 Å². The van der Waals surface area contributed by atoms with Gasteiger partial charge in [-0.25, -0.2) is 0 Å². The van der Waals surface area contributed by atoms with Crippen LogP contribution in [0.25, 0.3) is 0 Å². The Bertz CT molecular complexity index is 548. The first-order valence-electron chi connectivity index (χ1n) is 5.62. The smallest absolute Gasteiger partial charge is 0.0738 e. The Morgan fingerprint density at radius 3 is 2.67 bits per heavy atom. The average molecular weight is 393 g/mol. The van der Waals surface area contributed by atoms with Crippen LogP contribution in [0.1, 0.15) is 22.3 Å². The van der Waals surface area contributed by atoms with Gasteiger partial charge in [0.05, 0.1) is 15.9 Å². The number of aryl methyl sites for hydroxylation is 2. The molecule has 0 aliphatic carbocycles. The van der Waals surface area contributed by atoms with Gasteiger partial charge in [0.1, 0.15) is 0 Å². The lowest BCUT2D eigenvalue weighted by Crippen LogP contribution is -2.19. The maximum Gasteiger partial charge on any atom is 0.0738 e. The minimum Gasteiger partial charge on any atom is -0.312 e. The van der Waals surface area contributed by atoms with Crippen molar-refractivity contribution in [2.75, 3.05) is 7.05 Å². The van der Waals surface area contributed by atoms with E-state index in [1.807, 2.05) is 25.7 Å². The van der Waals surface area contributed by atoms with E-state index in [0.717, 1.165) is 16.6 Å². The molecule has 0 aliphatic heterocycles. The van der Waals surface area contributed by atoms with Crippen LogP contribution in [-0.4, -0.2) is 16.8 Å². The molecular weight excluding hydrogens is 378 g/mol. The maximum atomic E-state index is 4.44. The van der Waals surface area contributed by atoms with Crippen LogP contribution < -0.4 is 5.32 Å². The number of hydrogen-bond donors (Lipinski definition) is 1. The zero-order valence-electron chi connectivity index (χ0n) is 10.5. The van der Waals surface area contributed by atoms with Crippen molar-refractivity contribution in [1.29, 1.82) is 0 Å². The molecule has 2 heterocycles. The van der Waals surface area contributed by atoms with Gasteiger partial charge in [-0.1, -0.05) is 0 Å². The van der Waals surface area contributed by atoms with E-state index in [4.69, 9.17) is 0 Å². The normalized spacial score (nSPS) is 12.9. The fraction of sp³-hybridized carbons (Fsp3) is 0.417. The van der Waals surface area contributed by atoms with E-state index in [-0.39, 0.29) is 0 Å². The zero-order valence-corrected chi connectivity index (χ0v) is 14.5. The molecule has 1 atom stereocenters. The van der Waals surface area contributed by atoms with Crippen LogP contribution in [0, 0.1) is 6.92 Å². The second kappa shape index (κ2) is 5.86. The molecular formula is C12H15Br2N3S. The second-order valence-electron chi connectivity index (χ2n) is 4.15. The van der Waals surface area contributed by atoms with Gasteiger partial charge in [0.2, 0.25) is 0 Å². The standard InChI is InChI=1S/C12H15Br2N3S/c1-7-11(14)10(17(3)16-7)6-9(15-2)12-8(13)4-5-18-12/h4-5,9,15H,6H2,1-3H3. The molecule has 0 saturated heterocycles. The molecule has 0 spiro atoms. The molecule has 0 amide bonds. The van der Waals surface area contributed by atoms with Crippen LogP contribution in [0.4, 0.5) is 0 Å². The lowest BCUT2D eigenvalue weighted by Gasteiger charge is -2.16. The molecule has 0 aromatic carbocycles. The van der Waals surface area contributed by atoms with Gasteiger partial charge in [0.25, 0.3) is 0 Å². The van der Waals surface area contributed by atoms with Crippen molar-refractivity contribution in [3.63, 3.8) is 0 Å². The Morgan fingerprint density at radius 2 is 2.22 bits per heavy atom. The van der Waals surface area contributed by atoms with Crippen molar-refractivity contribution in [3.05, 3.63) is 36.7 Å². The Morgan fingerprint density at radius 1 is 1.50 bits per heavy atom. The first-order chi connectivity index (χ1) is 8.54. The van der Waals surface area contributed by atoms with Gasteiger partial charge in [0.15, 0.2) is 0 Å². The molecule has 0 saturated carbocycles. The third-order valence-corrected chi connectivity index (χ3v) is 5.98. The lowest BCUT2D eigenvalue weighted by molar-refractivity contribution is 0.566. The Kier molecular flexibility index (Phi) is 4.64. The topological polar surface area (TPSA) is 29.9 Å². The molecule has 1 unspecified atom stereocenters. The van der Waals surface area contributed by atoms with E-state index in [1.54, 1.807) is 11.3 Å². The van der Waals surface area contributed by atoms with Crippen molar-refractivity contribution >= 4 is 43.2 Å². The molecule has 18 heavy (non-hydrogen) atoms. The van der Waals surface area contributed by atoms with E-state index in [1.165, 1.54) is 15.0 Å². The predicted molar refractivity (Wildman–Crippen MR) is 83.2 cm³/mol. The number of rotatable bonds is 4. The number of thiophene rings is 1. The number of nitrogens with one attached hydrogen (secondary N) is 1. The van der Waals surface area contributed by atoms with Crippen molar-refractivity contribution in [2.45, 2.75) is 19.4 Å². The van der Waals surface area contributed by atoms with Crippen molar-refractivity contribution in [2.24, 2.45) is 7.05 Å². The van der Waals surface area contributed by atoms with E-state index < -0.39 is 0 Å². The molecule has 2 aromatic rings. The Labute approximate surface area is 128 Å². The largest absolute Gasteiger partial charge is 0.312 e. The van der Waals surface area contributed by atoms with E-state index in [9.17, 15) is 0 Å². The van der Waals surface area contributed by atoms with Crippen LogP contribution >= 0.6 is 43.2 Å². The summed E-state index contributed by atoms with van der Waals surface area (Å²) in [5.74, 6) is 0. The number of aromatic nitrogens is 2. The van der Waals surface area contributed by atoms with Gasteiger partial charge in [-0.15, -0.1) is 11.3 Å². The quantitative estimate of drug-likeness (QED) is 0.856. The highest BCUT2D eigenvalue weighted by Gasteiger charge is 2.19.